The van der Waals surface area contributed by atoms with Gasteiger partial charge in [-0.2, -0.15) is 0 Å². The zero-order valence-corrected chi connectivity index (χ0v) is 15.7. The lowest BCUT2D eigenvalue weighted by atomic mass is 9.77. The zero-order valence-electron chi connectivity index (χ0n) is 15.7. The van der Waals surface area contributed by atoms with Crippen molar-refractivity contribution in [2.75, 3.05) is 0 Å². The molecule has 4 atom stereocenters. The minimum absolute atomic E-state index is 0.129. The first kappa shape index (κ1) is 19.0. The molecule has 0 amide bonds. The predicted octanol–water partition coefficient (Wildman–Crippen LogP) is 3.55. The fourth-order valence-electron chi connectivity index (χ4n) is 3.54. The summed E-state index contributed by atoms with van der Waals surface area (Å²) in [7, 11) is 0. The first-order chi connectivity index (χ1) is 11.0. The smallest absolute Gasteiger partial charge is 0.303 e. The molecule has 0 aromatic rings. The molecule has 0 radical (unpaired) electrons. The van der Waals surface area contributed by atoms with Crippen molar-refractivity contribution >= 4 is 11.9 Å². The van der Waals surface area contributed by atoms with Crippen molar-refractivity contribution in [1.29, 1.82) is 0 Å². The third-order valence-electron chi connectivity index (χ3n) is 5.34. The van der Waals surface area contributed by atoms with Gasteiger partial charge in [-0.25, -0.2) is 0 Å². The van der Waals surface area contributed by atoms with Crippen molar-refractivity contribution in [3.8, 4) is 0 Å². The largest absolute Gasteiger partial charge is 0.462 e. The maximum atomic E-state index is 11.6. The maximum Gasteiger partial charge on any atom is 0.303 e. The van der Waals surface area contributed by atoms with Crippen LogP contribution in [0.25, 0.3) is 0 Å². The molecular weight excluding hydrogens is 308 g/mol. The van der Waals surface area contributed by atoms with Crippen molar-refractivity contribution in [1.82, 2.24) is 0 Å². The van der Waals surface area contributed by atoms with E-state index in [1.807, 2.05) is 26.8 Å². The van der Waals surface area contributed by atoms with Crippen LogP contribution in [0.1, 0.15) is 67.2 Å². The first-order valence-electron chi connectivity index (χ1n) is 8.74. The van der Waals surface area contributed by atoms with Crippen LogP contribution in [0.5, 0.6) is 0 Å². The highest BCUT2D eigenvalue weighted by Gasteiger charge is 2.52. The molecular formula is C19H30O5. The molecule has 5 heteroatoms. The van der Waals surface area contributed by atoms with E-state index in [4.69, 9.17) is 14.2 Å². The molecule has 1 fully saturated rings. The van der Waals surface area contributed by atoms with Gasteiger partial charge in [0.05, 0.1) is 11.7 Å². The Morgan fingerprint density at radius 2 is 1.75 bits per heavy atom. The lowest BCUT2D eigenvalue weighted by Crippen LogP contribution is -2.44. The summed E-state index contributed by atoms with van der Waals surface area (Å²) in [6.07, 6.45) is 4.87. The SMILES string of the molecule is CC(=O)OC1/C=C(/C)CC[C@@H]2O[C@@]2(C)CC[C@H](OC(C)=O)C1(C)C. The number of ether oxygens (including phenoxy) is 3. The summed E-state index contributed by atoms with van der Waals surface area (Å²) in [5.74, 6) is -0.643. The van der Waals surface area contributed by atoms with E-state index in [1.165, 1.54) is 13.8 Å². The van der Waals surface area contributed by atoms with Crippen LogP contribution < -0.4 is 0 Å². The molecule has 0 aromatic carbocycles. The molecule has 1 heterocycles. The third kappa shape index (κ3) is 4.38. The minimum atomic E-state index is -0.524. The molecule has 136 valence electrons. The lowest BCUT2D eigenvalue weighted by Gasteiger charge is -2.38. The number of epoxide rings is 1. The Morgan fingerprint density at radius 3 is 2.33 bits per heavy atom. The standard InChI is InChI=1S/C19H30O5/c1-12-7-8-16-19(6,24-16)10-9-15(22-13(2)20)18(4,5)17(11-12)23-14(3)21/h11,15-17H,7-10H2,1-6H3/b12-11-/t15-,16-,17?,19-/m0/s1. The molecule has 0 bridgehead atoms. The van der Waals surface area contributed by atoms with Gasteiger partial charge in [-0.1, -0.05) is 19.4 Å². The summed E-state index contributed by atoms with van der Waals surface area (Å²) in [5.41, 5.74) is 0.510. The third-order valence-corrected chi connectivity index (χ3v) is 5.34. The number of hydrogen-bond donors (Lipinski definition) is 0. The van der Waals surface area contributed by atoms with Gasteiger partial charge in [0.2, 0.25) is 0 Å². The first-order valence-corrected chi connectivity index (χ1v) is 8.74. The highest BCUT2D eigenvalue weighted by atomic mass is 16.6. The van der Waals surface area contributed by atoms with Crippen LogP contribution in [0, 0.1) is 5.41 Å². The molecule has 2 aliphatic rings. The number of rotatable bonds is 2. The summed E-state index contributed by atoms with van der Waals surface area (Å²) < 4.78 is 17.1. The van der Waals surface area contributed by atoms with Gasteiger partial charge in [0.1, 0.15) is 12.2 Å². The molecule has 1 unspecified atom stereocenters. The zero-order chi connectivity index (χ0) is 18.1. The van der Waals surface area contributed by atoms with Crippen molar-refractivity contribution in [2.45, 2.75) is 91.1 Å². The van der Waals surface area contributed by atoms with Crippen molar-refractivity contribution in [3.63, 3.8) is 0 Å². The van der Waals surface area contributed by atoms with E-state index in [0.29, 0.717) is 6.42 Å². The molecule has 1 aliphatic carbocycles. The predicted molar refractivity (Wildman–Crippen MR) is 90.4 cm³/mol. The summed E-state index contributed by atoms with van der Waals surface area (Å²) in [5, 5.41) is 0. The van der Waals surface area contributed by atoms with Gasteiger partial charge in [-0.15, -0.1) is 0 Å². The van der Waals surface area contributed by atoms with Crippen LogP contribution in [-0.4, -0.2) is 35.9 Å². The van der Waals surface area contributed by atoms with Crippen LogP contribution in [0.3, 0.4) is 0 Å². The number of esters is 2. The second-order valence-electron chi connectivity index (χ2n) is 7.96. The van der Waals surface area contributed by atoms with Gasteiger partial charge in [-0.3, -0.25) is 9.59 Å². The van der Waals surface area contributed by atoms with Crippen molar-refractivity contribution in [2.24, 2.45) is 5.41 Å². The number of carbonyl (C=O) groups is 2. The summed E-state index contributed by atoms with van der Waals surface area (Å²) in [6.45, 7) is 11.0. The van der Waals surface area contributed by atoms with Crippen molar-refractivity contribution in [3.05, 3.63) is 11.6 Å². The Kier molecular flexibility index (Phi) is 5.43. The van der Waals surface area contributed by atoms with Crippen LogP contribution in [0.15, 0.2) is 11.6 Å². The fourth-order valence-corrected chi connectivity index (χ4v) is 3.54. The molecule has 0 N–H and O–H groups in total. The molecule has 0 saturated carbocycles. The van der Waals surface area contributed by atoms with Gasteiger partial charge >= 0.3 is 11.9 Å². The number of carbonyl (C=O) groups excluding carboxylic acids is 2. The van der Waals surface area contributed by atoms with Gasteiger partial charge in [0.15, 0.2) is 0 Å². The van der Waals surface area contributed by atoms with E-state index < -0.39 is 11.5 Å². The van der Waals surface area contributed by atoms with Gasteiger partial charge in [-0.05, 0) is 45.6 Å². The molecule has 1 saturated heterocycles. The molecule has 0 spiro atoms. The Morgan fingerprint density at radius 1 is 1.12 bits per heavy atom. The van der Waals surface area contributed by atoms with Gasteiger partial charge < -0.3 is 14.2 Å². The Labute approximate surface area is 144 Å². The minimum Gasteiger partial charge on any atom is -0.462 e. The van der Waals surface area contributed by atoms with Crippen LogP contribution in [-0.2, 0) is 23.8 Å². The van der Waals surface area contributed by atoms with Crippen LogP contribution >= 0.6 is 0 Å². The molecule has 2 rings (SSSR count). The Hall–Kier alpha value is -1.36. The monoisotopic (exact) mass is 338 g/mol. The van der Waals surface area contributed by atoms with Crippen LogP contribution in [0.4, 0.5) is 0 Å². The summed E-state index contributed by atoms with van der Waals surface area (Å²) >= 11 is 0. The Bertz CT molecular complexity index is 536. The topological polar surface area (TPSA) is 65.1 Å². The van der Waals surface area contributed by atoms with Gasteiger partial charge in [0.25, 0.3) is 0 Å². The Balaban J connectivity index is 2.34. The molecule has 1 aliphatic heterocycles. The van der Waals surface area contributed by atoms with E-state index in [1.54, 1.807) is 0 Å². The van der Waals surface area contributed by atoms with Crippen LogP contribution in [0.2, 0.25) is 0 Å². The van der Waals surface area contributed by atoms with E-state index in [9.17, 15) is 9.59 Å². The van der Waals surface area contributed by atoms with E-state index in [-0.39, 0.29) is 29.7 Å². The highest BCUT2D eigenvalue weighted by molar-refractivity contribution is 5.67. The van der Waals surface area contributed by atoms with E-state index >= 15 is 0 Å². The lowest BCUT2D eigenvalue weighted by molar-refractivity contribution is -0.165. The van der Waals surface area contributed by atoms with E-state index in [2.05, 4.69) is 6.92 Å². The highest BCUT2D eigenvalue weighted by Crippen LogP contribution is 2.46. The summed E-state index contributed by atoms with van der Waals surface area (Å²) in [4.78, 5) is 23.2. The maximum absolute atomic E-state index is 11.6. The average molecular weight is 338 g/mol. The molecule has 5 nitrogen and oxygen atoms in total. The average Bonchev–Trinajstić information content (AvgIpc) is 3.10. The second-order valence-corrected chi connectivity index (χ2v) is 7.96. The number of hydrogen-bond acceptors (Lipinski definition) is 5. The quantitative estimate of drug-likeness (QED) is 0.438. The van der Waals surface area contributed by atoms with Gasteiger partial charge in [0, 0.05) is 19.3 Å². The van der Waals surface area contributed by atoms with E-state index in [0.717, 1.165) is 24.8 Å². The second kappa shape index (κ2) is 6.87. The molecule has 0 aromatic heterocycles. The summed E-state index contributed by atoms with van der Waals surface area (Å²) in [6, 6.07) is 0. The molecule has 24 heavy (non-hydrogen) atoms. The van der Waals surface area contributed by atoms with Crippen molar-refractivity contribution < 1.29 is 23.8 Å². The normalized spacial score (nSPS) is 37.9. The number of allylic oxidation sites excluding steroid dienone is 1. The fraction of sp³-hybridized carbons (Fsp3) is 0.789. The number of fused-ring (bicyclic) bond motifs is 1.